The van der Waals surface area contributed by atoms with Gasteiger partial charge in [-0.2, -0.15) is 0 Å². The first-order valence-electron chi connectivity index (χ1n) is 9.48. The molecule has 0 radical (unpaired) electrons. The van der Waals surface area contributed by atoms with Crippen molar-refractivity contribution < 1.29 is 14.9 Å². The number of aliphatic hydroxyl groups excluding tert-OH is 2. The van der Waals surface area contributed by atoms with Crippen molar-refractivity contribution in [3.8, 4) is 0 Å². The van der Waals surface area contributed by atoms with Gasteiger partial charge in [0.05, 0.1) is 18.3 Å². The third kappa shape index (κ3) is 2.12. The van der Waals surface area contributed by atoms with Gasteiger partial charge < -0.3 is 14.9 Å². The topological polar surface area (TPSA) is 49.7 Å². The highest BCUT2D eigenvalue weighted by molar-refractivity contribution is 5.18. The van der Waals surface area contributed by atoms with Crippen LogP contribution >= 0.6 is 0 Å². The zero-order valence-corrected chi connectivity index (χ0v) is 14.7. The highest BCUT2D eigenvalue weighted by Gasteiger charge is 2.62. The molecule has 4 aliphatic rings. The highest BCUT2D eigenvalue weighted by Crippen LogP contribution is 2.65. The summed E-state index contributed by atoms with van der Waals surface area (Å²) in [5, 5.41) is 20.7. The van der Waals surface area contributed by atoms with Gasteiger partial charge in [-0.05, 0) is 73.0 Å². The van der Waals surface area contributed by atoms with Crippen molar-refractivity contribution in [2.45, 2.75) is 70.7 Å². The summed E-state index contributed by atoms with van der Waals surface area (Å²) in [6.45, 7) is 4.73. The normalized spacial score (nSPS) is 58.4. The molecule has 0 bridgehead atoms. The monoisotopic (exact) mass is 320 g/mol. The molecule has 3 heteroatoms. The van der Waals surface area contributed by atoms with Crippen molar-refractivity contribution in [1.29, 1.82) is 0 Å². The lowest BCUT2D eigenvalue weighted by molar-refractivity contribution is -0.159. The SMILES string of the molecule is CO[C@H]1CC2C[C@@H](O)C=C[C@]2(C)[C@H]2CC[C@]3(C)[C@@H](O)CC[C@H]3[C@H]12. The summed E-state index contributed by atoms with van der Waals surface area (Å²) < 4.78 is 5.99. The minimum Gasteiger partial charge on any atom is -0.393 e. The van der Waals surface area contributed by atoms with E-state index >= 15 is 0 Å². The molecule has 0 aromatic heterocycles. The molecular formula is C20H32O3. The van der Waals surface area contributed by atoms with Crippen LogP contribution in [-0.4, -0.2) is 35.6 Å². The number of fused-ring (bicyclic) bond motifs is 5. The van der Waals surface area contributed by atoms with E-state index < -0.39 is 0 Å². The summed E-state index contributed by atoms with van der Waals surface area (Å²) >= 11 is 0. The summed E-state index contributed by atoms with van der Waals surface area (Å²) in [6, 6.07) is 0. The minimum absolute atomic E-state index is 0.0824. The van der Waals surface area contributed by atoms with Gasteiger partial charge >= 0.3 is 0 Å². The van der Waals surface area contributed by atoms with Gasteiger partial charge in [-0.25, -0.2) is 0 Å². The van der Waals surface area contributed by atoms with E-state index in [1.54, 1.807) is 0 Å². The van der Waals surface area contributed by atoms with Crippen LogP contribution in [0.1, 0.15) is 52.4 Å². The molecule has 0 aliphatic heterocycles. The van der Waals surface area contributed by atoms with Crippen LogP contribution in [0.2, 0.25) is 0 Å². The average molecular weight is 320 g/mol. The van der Waals surface area contributed by atoms with Crippen LogP contribution in [0.25, 0.3) is 0 Å². The van der Waals surface area contributed by atoms with Crippen LogP contribution in [0.4, 0.5) is 0 Å². The third-order valence-electron chi connectivity index (χ3n) is 8.41. The Bertz CT molecular complexity index is 503. The fourth-order valence-electron chi connectivity index (χ4n) is 6.96. The van der Waals surface area contributed by atoms with E-state index in [1.807, 2.05) is 13.2 Å². The molecule has 1 unspecified atom stereocenters. The second-order valence-corrected chi connectivity index (χ2v) is 9.16. The Hall–Kier alpha value is -0.380. The zero-order valence-electron chi connectivity index (χ0n) is 14.7. The Kier molecular flexibility index (Phi) is 3.72. The molecule has 3 saturated carbocycles. The molecule has 23 heavy (non-hydrogen) atoms. The average Bonchev–Trinajstić information content (AvgIpc) is 2.83. The highest BCUT2D eigenvalue weighted by atomic mass is 16.5. The lowest BCUT2D eigenvalue weighted by Gasteiger charge is -2.61. The number of hydrogen-bond donors (Lipinski definition) is 2. The van der Waals surface area contributed by atoms with Gasteiger partial charge in [-0.3, -0.25) is 0 Å². The summed E-state index contributed by atoms with van der Waals surface area (Å²) in [5.41, 5.74) is 0.271. The van der Waals surface area contributed by atoms with Crippen molar-refractivity contribution in [3.05, 3.63) is 12.2 Å². The van der Waals surface area contributed by atoms with Crippen LogP contribution in [0, 0.1) is 34.5 Å². The Labute approximate surface area is 140 Å². The maximum absolute atomic E-state index is 10.6. The van der Waals surface area contributed by atoms with Gasteiger partial charge in [0.15, 0.2) is 0 Å². The fraction of sp³-hybridized carbons (Fsp3) is 0.900. The summed E-state index contributed by atoms with van der Waals surface area (Å²) in [5.74, 6) is 2.28. The van der Waals surface area contributed by atoms with Crippen molar-refractivity contribution in [3.63, 3.8) is 0 Å². The number of aliphatic hydroxyl groups is 2. The van der Waals surface area contributed by atoms with E-state index in [1.165, 1.54) is 6.42 Å². The summed E-state index contributed by atoms with van der Waals surface area (Å²) in [6.07, 6.45) is 10.6. The van der Waals surface area contributed by atoms with Gasteiger partial charge in [0.25, 0.3) is 0 Å². The van der Waals surface area contributed by atoms with Crippen molar-refractivity contribution in [2.24, 2.45) is 34.5 Å². The molecule has 0 spiro atoms. The molecule has 4 aliphatic carbocycles. The lowest BCUT2D eigenvalue weighted by atomic mass is 9.45. The smallest absolute Gasteiger partial charge is 0.0724 e. The maximum atomic E-state index is 10.6. The molecule has 9 atom stereocenters. The molecule has 0 amide bonds. The van der Waals surface area contributed by atoms with Crippen LogP contribution in [0.3, 0.4) is 0 Å². The number of rotatable bonds is 1. The van der Waals surface area contributed by atoms with E-state index in [-0.39, 0.29) is 29.1 Å². The van der Waals surface area contributed by atoms with Gasteiger partial charge in [0, 0.05) is 7.11 Å². The second-order valence-electron chi connectivity index (χ2n) is 9.16. The van der Waals surface area contributed by atoms with E-state index in [0.29, 0.717) is 23.7 Å². The number of methoxy groups -OCH3 is 1. The first kappa shape index (κ1) is 16.1. The molecule has 4 rings (SSSR count). The molecule has 3 nitrogen and oxygen atoms in total. The summed E-state index contributed by atoms with van der Waals surface area (Å²) in [4.78, 5) is 0. The third-order valence-corrected chi connectivity index (χ3v) is 8.41. The largest absolute Gasteiger partial charge is 0.393 e. The zero-order chi connectivity index (χ0) is 16.4. The number of allylic oxidation sites excluding steroid dienone is 1. The van der Waals surface area contributed by atoms with Gasteiger partial charge in [0.1, 0.15) is 0 Å². The standard InChI is InChI=1S/C20H32O3/c1-19-8-6-13(21)10-12(19)11-16(23-3)18-14-4-5-17(22)20(14,2)9-7-15(18)19/h6,8,12-18,21-22H,4-5,7,9-11H2,1-3H3/t12?,13-,14-,15-,16-,17-,18-,19-,20-/m0/s1. The Morgan fingerprint density at radius 1 is 1.04 bits per heavy atom. The van der Waals surface area contributed by atoms with Gasteiger partial charge in [0.2, 0.25) is 0 Å². The van der Waals surface area contributed by atoms with Crippen LogP contribution in [0.15, 0.2) is 12.2 Å². The van der Waals surface area contributed by atoms with E-state index in [0.717, 1.165) is 32.1 Å². The molecule has 3 fully saturated rings. The second kappa shape index (κ2) is 5.31. The Balaban J connectivity index is 1.73. The van der Waals surface area contributed by atoms with Crippen molar-refractivity contribution >= 4 is 0 Å². The quantitative estimate of drug-likeness (QED) is 0.730. The Morgan fingerprint density at radius 2 is 1.83 bits per heavy atom. The van der Waals surface area contributed by atoms with Gasteiger partial charge in [-0.15, -0.1) is 0 Å². The Morgan fingerprint density at radius 3 is 2.57 bits per heavy atom. The predicted molar refractivity (Wildman–Crippen MR) is 89.8 cm³/mol. The van der Waals surface area contributed by atoms with Crippen molar-refractivity contribution in [2.75, 3.05) is 7.11 Å². The minimum atomic E-state index is -0.288. The molecule has 0 aromatic carbocycles. The van der Waals surface area contributed by atoms with Crippen molar-refractivity contribution in [1.82, 2.24) is 0 Å². The molecule has 2 N–H and O–H groups in total. The molecule has 0 saturated heterocycles. The predicted octanol–water partition coefficient (Wildman–Crippen LogP) is 3.15. The van der Waals surface area contributed by atoms with E-state index in [4.69, 9.17) is 4.74 Å². The summed E-state index contributed by atoms with van der Waals surface area (Å²) in [7, 11) is 1.86. The first-order chi connectivity index (χ1) is 10.9. The fourth-order valence-corrected chi connectivity index (χ4v) is 6.96. The molecule has 130 valence electrons. The maximum Gasteiger partial charge on any atom is 0.0724 e. The molecular weight excluding hydrogens is 288 g/mol. The van der Waals surface area contributed by atoms with Crippen LogP contribution in [-0.2, 0) is 4.74 Å². The van der Waals surface area contributed by atoms with Crippen LogP contribution < -0.4 is 0 Å². The van der Waals surface area contributed by atoms with E-state index in [9.17, 15) is 10.2 Å². The lowest BCUT2D eigenvalue weighted by Crippen LogP contribution is -2.58. The first-order valence-corrected chi connectivity index (χ1v) is 9.48. The molecule has 0 aromatic rings. The number of hydrogen-bond acceptors (Lipinski definition) is 3. The number of ether oxygens (including phenoxy) is 1. The molecule has 0 heterocycles. The van der Waals surface area contributed by atoms with Gasteiger partial charge in [-0.1, -0.05) is 26.0 Å². The van der Waals surface area contributed by atoms with Crippen LogP contribution in [0.5, 0.6) is 0 Å². The van der Waals surface area contributed by atoms with E-state index in [2.05, 4.69) is 19.9 Å².